The number of rotatable bonds is 3. The quantitative estimate of drug-likeness (QED) is 0.453. The van der Waals surface area contributed by atoms with E-state index in [1.807, 2.05) is 24.3 Å². The van der Waals surface area contributed by atoms with Gasteiger partial charge in [0.1, 0.15) is 0 Å². The third kappa shape index (κ3) is 3.90. The van der Waals surface area contributed by atoms with Gasteiger partial charge in [-0.2, -0.15) is 0 Å². The molecule has 0 N–H and O–H groups in total. The van der Waals surface area contributed by atoms with Crippen LogP contribution < -0.4 is 4.35 Å². The van der Waals surface area contributed by atoms with E-state index in [2.05, 4.69) is 18.8 Å². The molecule has 0 aliphatic rings. The zero-order chi connectivity index (χ0) is 10.2. The molecule has 0 aromatic heterocycles. The molecule has 0 heterocycles. The van der Waals surface area contributed by atoms with E-state index < -0.39 is 15.7 Å². The summed E-state index contributed by atoms with van der Waals surface area (Å²) in [7, 11) is 0. The Labute approximate surface area is 91.8 Å². The first-order valence-corrected chi connectivity index (χ1v) is 6.49. The van der Waals surface area contributed by atoms with Crippen LogP contribution in [0, 0.1) is 11.8 Å². The normalized spacial score (nSPS) is 9.50. The number of benzene rings is 1. The molecule has 1 aromatic carbocycles. The van der Waals surface area contributed by atoms with Crippen LogP contribution in [0.2, 0.25) is 0 Å². The van der Waals surface area contributed by atoms with Crippen molar-refractivity contribution < 1.29 is 3.74 Å². The fourth-order valence-electron chi connectivity index (χ4n) is 1.04. The summed E-state index contributed by atoms with van der Waals surface area (Å²) in [6, 6.07) is 7.64. The molecule has 1 aromatic rings. The van der Waals surface area contributed by atoms with Gasteiger partial charge in [0.2, 0.25) is 0 Å². The molecule has 0 radical (unpaired) electrons. The van der Waals surface area contributed by atoms with Crippen LogP contribution in [0.1, 0.15) is 31.7 Å². The van der Waals surface area contributed by atoms with Gasteiger partial charge in [0.15, 0.2) is 0 Å². The van der Waals surface area contributed by atoms with Gasteiger partial charge >= 0.3 is 91.6 Å². The van der Waals surface area contributed by atoms with Crippen molar-refractivity contribution in [2.75, 3.05) is 0 Å². The fraction of sp³-hybridized carbons (Fsp3) is 0.333. The van der Waals surface area contributed by atoms with Crippen molar-refractivity contribution in [3.05, 3.63) is 29.8 Å². The molecule has 1 nitrogen and oxygen atoms in total. The van der Waals surface area contributed by atoms with Crippen LogP contribution in [-0.4, -0.2) is 15.7 Å². The molecule has 0 aliphatic carbocycles. The zero-order valence-electron chi connectivity index (χ0n) is 8.29. The van der Waals surface area contributed by atoms with E-state index in [0.29, 0.717) is 0 Å². The first-order chi connectivity index (χ1) is 6.86. The molecular weight excluding hydrogens is 235 g/mol. The molecule has 0 bridgehead atoms. The second kappa shape index (κ2) is 6.57. The Morgan fingerprint density at radius 2 is 2.00 bits per heavy atom. The van der Waals surface area contributed by atoms with Crippen LogP contribution in [0.4, 0.5) is 0 Å². The third-order valence-electron chi connectivity index (χ3n) is 1.86. The first-order valence-electron chi connectivity index (χ1n) is 4.79. The second-order valence-electron chi connectivity index (χ2n) is 3.04. The Bertz CT molecular complexity index is 343. The van der Waals surface area contributed by atoms with Crippen molar-refractivity contribution in [2.24, 2.45) is 0 Å². The topological polar surface area (TPSA) is 17.1 Å². The minimum absolute atomic E-state index is 0.892. The van der Waals surface area contributed by atoms with Crippen LogP contribution in [0.3, 0.4) is 0 Å². The maximum absolute atomic E-state index is 10.6. The Balaban J connectivity index is 2.57. The number of unbranched alkanes of at least 4 members (excludes halogenated alkanes) is 2. The molecule has 1 rings (SSSR count). The average Bonchev–Trinajstić information content (AvgIpc) is 2.25. The summed E-state index contributed by atoms with van der Waals surface area (Å²) in [5.41, 5.74) is 1.01. The van der Waals surface area contributed by atoms with Gasteiger partial charge in [0.05, 0.1) is 0 Å². The molecule has 0 saturated heterocycles. The van der Waals surface area contributed by atoms with Gasteiger partial charge in [0, 0.05) is 0 Å². The van der Waals surface area contributed by atoms with Crippen LogP contribution in [0.25, 0.3) is 0 Å². The SMILES string of the molecule is CCCCC#Cc1ccc([As]=O)cc1. The standard InChI is InChI=1S/C12H13AsO/c1-2-3-4-5-6-11-7-9-12(13-14)10-8-11/h7-10H,2-4H2,1H3. The van der Waals surface area contributed by atoms with Crippen LogP contribution in [0.5, 0.6) is 0 Å². The van der Waals surface area contributed by atoms with E-state index in [-0.39, 0.29) is 0 Å². The monoisotopic (exact) mass is 248 g/mol. The molecule has 2 heteroatoms. The molecule has 0 amide bonds. The molecule has 0 fully saturated rings. The molecule has 14 heavy (non-hydrogen) atoms. The van der Waals surface area contributed by atoms with Crippen molar-refractivity contribution in [3.63, 3.8) is 0 Å². The summed E-state index contributed by atoms with van der Waals surface area (Å²) in [4.78, 5) is 0. The predicted molar refractivity (Wildman–Crippen MR) is 58.9 cm³/mol. The summed E-state index contributed by atoms with van der Waals surface area (Å²) in [5, 5.41) is 0. The summed E-state index contributed by atoms with van der Waals surface area (Å²) >= 11 is -0.892. The fourth-order valence-corrected chi connectivity index (χ4v) is 1.60. The van der Waals surface area contributed by atoms with E-state index >= 15 is 0 Å². The average molecular weight is 248 g/mol. The van der Waals surface area contributed by atoms with Crippen LogP contribution >= 0.6 is 0 Å². The van der Waals surface area contributed by atoms with Gasteiger partial charge in [-0.1, -0.05) is 0 Å². The van der Waals surface area contributed by atoms with Crippen LogP contribution in [-0.2, 0) is 3.74 Å². The Kier molecular flexibility index (Phi) is 5.26. The number of hydrogen-bond donors (Lipinski definition) is 0. The van der Waals surface area contributed by atoms with E-state index in [1.165, 1.54) is 6.42 Å². The third-order valence-corrected chi connectivity index (χ3v) is 2.93. The summed E-state index contributed by atoms with van der Waals surface area (Å²) in [6.07, 6.45) is 3.32. The van der Waals surface area contributed by atoms with Crippen molar-refractivity contribution >= 4 is 20.0 Å². The molecule has 0 saturated carbocycles. The minimum atomic E-state index is -0.892. The van der Waals surface area contributed by atoms with Gasteiger partial charge in [0.25, 0.3) is 0 Å². The summed E-state index contributed by atoms with van der Waals surface area (Å²) < 4.78 is 11.5. The molecule has 0 spiro atoms. The van der Waals surface area contributed by atoms with E-state index in [4.69, 9.17) is 0 Å². The summed E-state index contributed by atoms with van der Waals surface area (Å²) in [6.45, 7) is 2.16. The van der Waals surface area contributed by atoms with Crippen molar-refractivity contribution in [1.29, 1.82) is 0 Å². The first kappa shape index (κ1) is 11.2. The Morgan fingerprint density at radius 3 is 2.57 bits per heavy atom. The van der Waals surface area contributed by atoms with Crippen molar-refractivity contribution in [2.45, 2.75) is 26.2 Å². The van der Waals surface area contributed by atoms with Gasteiger partial charge < -0.3 is 0 Å². The molecule has 72 valence electrons. The molecule has 0 aliphatic heterocycles. The van der Waals surface area contributed by atoms with Gasteiger partial charge in [-0.25, -0.2) is 0 Å². The van der Waals surface area contributed by atoms with Crippen molar-refractivity contribution in [3.8, 4) is 11.8 Å². The molecule has 0 atom stereocenters. The van der Waals surface area contributed by atoms with Gasteiger partial charge in [-0.15, -0.1) is 0 Å². The van der Waals surface area contributed by atoms with E-state index in [1.54, 1.807) is 0 Å². The van der Waals surface area contributed by atoms with E-state index in [9.17, 15) is 3.74 Å². The Hall–Kier alpha value is -0.862. The van der Waals surface area contributed by atoms with Gasteiger partial charge in [-0.05, 0) is 0 Å². The van der Waals surface area contributed by atoms with Gasteiger partial charge in [-0.3, -0.25) is 0 Å². The predicted octanol–water partition coefficient (Wildman–Crippen LogP) is 1.90. The second-order valence-corrected chi connectivity index (χ2v) is 4.51. The van der Waals surface area contributed by atoms with Crippen molar-refractivity contribution in [1.82, 2.24) is 0 Å². The van der Waals surface area contributed by atoms with Crippen LogP contribution in [0.15, 0.2) is 24.3 Å². The van der Waals surface area contributed by atoms with E-state index in [0.717, 1.165) is 22.8 Å². The maximum atomic E-state index is 10.6. The molecule has 0 unspecified atom stereocenters. The zero-order valence-corrected chi connectivity index (χ0v) is 10.2. The molecular formula is C12H13AsO. The number of hydrogen-bond acceptors (Lipinski definition) is 1. The summed E-state index contributed by atoms with van der Waals surface area (Å²) in [5.74, 6) is 6.21. The Morgan fingerprint density at radius 1 is 1.29 bits per heavy atom.